The summed E-state index contributed by atoms with van der Waals surface area (Å²) >= 11 is 1.63. The average Bonchev–Trinajstić information content (AvgIpc) is 2.99. The van der Waals surface area contributed by atoms with Crippen LogP contribution in [0.15, 0.2) is 167 Å². The van der Waals surface area contributed by atoms with Gasteiger partial charge in [-0.2, -0.15) is 0 Å². The Morgan fingerprint density at radius 1 is 0.553 bits per heavy atom. The first-order valence-corrected chi connectivity index (χ1v) is 14.8. The van der Waals surface area contributed by atoms with Gasteiger partial charge in [0.2, 0.25) is 0 Å². The van der Waals surface area contributed by atoms with E-state index in [1.807, 2.05) is 66.7 Å². The van der Waals surface area contributed by atoms with Crippen LogP contribution >= 0.6 is 19.0 Å². The molecule has 0 aliphatic carbocycles. The van der Waals surface area contributed by atoms with Crippen LogP contribution < -0.4 is 45.2 Å². The number of hydrogen-bond donors (Lipinski definition) is 1. The van der Waals surface area contributed by atoms with E-state index in [1.54, 1.807) is 11.8 Å². The molecule has 0 fully saturated rings. The molecule has 0 saturated carbocycles. The van der Waals surface area contributed by atoms with E-state index in [2.05, 4.69) is 95.7 Å². The van der Waals surface area contributed by atoms with Crippen molar-refractivity contribution in [3.63, 3.8) is 0 Å². The number of amides is 1. The van der Waals surface area contributed by atoms with Crippen LogP contribution in [0.3, 0.4) is 0 Å². The second-order valence-corrected chi connectivity index (χ2v) is 12.7. The van der Waals surface area contributed by atoms with Crippen LogP contribution in [0.25, 0.3) is 0 Å². The zero-order valence-electron chi connectivity index (χ0n) is 20.7. The molecule has 1 amide bonds. The quantitative estimate of drug-likeness (QED) is 0.158. The number of carbonyl (C=O) groups excluding carboxylic acids is 1. The van der Waals surface area contributed by atoms with E-state index < -0.39 is 7.26 Å². The molecule has 5 rings (SSSR count). The third kappa shape index (κ3) is 6.10. The van der Waals surface area contributed by atoms with Gasteiger partial charge in [-0.1, -0.05) is 103 Å². The minimum absolute atomic E-state index is 0. The summed E-state index contributed by atoms with van der Waals surface area (Å²) in [5.41, 5.74) is 1.53. The van der Waals surface area contributed by atoms with Gasteiger partial charge in [0, 0.05) is 15.9 Å². The molecule has 0 saturated heterocycles. The molecular formula is C33H27INOPS. The van der Waals surface area contributed by atoms with Crippen molar-refractivity contribution >= 4 is 40.8 Å². The Kier molecular flexibility index (Phi) is 9.94. The molecule has 2 nitrogen and oxygen atoms in total. The molecule has 0 unspecified atom stereocenters. The largest absolute Gasteiger partial charge is 1.00 e. The Hall–Kier alpha value is -3.18. The van der Waals surface area contributed by atoms with E-state index in [1.165, 1.54) is 15.9 Å². The first-order valence-electron chi connectivity index (χ1n) is 12.1. The van der Waals surface area contributed by atoms with E-state index in [4.69, 9.17) is 0 Å². The van der Waals surface area contributed by atoms with Crippen molar-refractivity contribution in [1.29, 1.82) is 0 Å². The number of carbonyl (C=O) groups is 1. The summed E-state index contributed by atoms with van der Waals surface area (Å²) in [6.07, 6.45) is 0. The first kappa shape index (κ1) is 27.8. The first-order chi connectivity index (χ1) is 18.3. The molecule has 0 spiro atoms. The molecule has 188 valence electrons. The van der Waals surface area contributed by atoms with Crippen LogP contribution in [0, 0.1) is 0 Å². The monoisotopic (exact) mass is 643 g/mol. The van der Waals surface area contributed by atoms with Crippen LogP contribution in [0.5, 0.6) is 0 Å². The maximum Gasteiger partial charge on any atom is 0.258 e. The molecule has 5 aromatic rings. The Balaban J connectivity index is 0.00000336. The topological polar surface area (TPSA) is 29.1 Å². The van der Waals surface area contributed by atoms with Crippen molar-refractivity contribution in [2.45, 2.75) is 4.90 Å². The number of thioether (sulfide) groups is 1. The van der Waals surface area contributed by atoms with Crippen molar-refractivity contribution in [1.82, 2.24) is 5.32 Å². The standard InChI is InChI=1S/C33H26NOPS.HI/c35-33(27-16-6-1-7-17-27)34-32(26-37-31-24-14-5-15-25-31)36(28-18-8-2-9-19-28,29-20-10-3-11-21-29)30-22-12-4-13-23-30;/h1-26H;1H/b32-26-;. The Bertz CT molecular complexity index is 1370. The lowest BCUT2D eigenvalue weighted by atomic mass is 10.2. The number of halogens is 1. The van der Waals surface area contributed by atoms with Gasteiger partial charge in [0.15, 0.2) is 12.7 Å². The van der Waals surface area contributed by atoms with Gasteiger partial charge < -0.3 is 24.0 Å². The van der Waals surface area contributed by atoms with Gasteiger partial charge in [-0.3, -0.25) is 10.1 Å². The van der Waals surface area contributed by atoms with Crippen LogP contribution in [-0.4, -0.2) is 5.91 Å². The lowest BCUT2D eigenvalue weighted by Crippen LogP contribution is -3.00. The zero-order valence-corrected chi connectivity index (χ0v) is 24.5. The summed E-state index contributed by atoms with van der Waals surface area (Å²) in [7, 11) is -2.47. The fourth-order valence-corrected chi connectivity index (χ4v) is 9.68. The lowest BCUT2D eigenvalue weighted by Gasteiger charge is -2.29. The summed E-state index contributed by atoms with van der Waals surface area (Å²) in [6, 6.07) is 51.4. The molecule has 0 heterocycles. The van der Waals surface area contributed by atoms with Crippen LogP contribution in [0.1, 0.15) is 10.4 Å². The molecule has 5 aromatic carbocycles. The molecule has 0 radical (unpaired) electrons. The SMILES string of the molecule is O=C(N/C(=C/Sc1ccccc1)[P+](c1ccccc1)(c1ccccc1)c1ccccc1)c1ccccc1.[I-]. The van der Waals surface area contributed by atoms with Gasteiger partial charge in [-0.05, 0) is 60.7 Å². The van der Waals surface area contributed by atoms with E-state index in [9.17, 15) is 4.79 Å². The average molecular weight is 644 g/mol. The predicted octanol–water partition coefficient (Wildman–Crippen LogP) is 4.01. The molecule has 5 heteroatoms. The molecule has 38 heavy (non-hydrogen) atoms. The highest BCUT2D eigenvalue weighted by molar-refractivity contribution is 8.04. The minimum atomic E-state index is -2.47. The van der Waals surface area contributed by atoms with Crippen molar-refractivity contribution in [2.75, 3.05) is 0 Å². The summed E-state index contributed by atoms with van der Waals surface area (Å²) in [5.74, 6) is -0.118. The third-order valence-electron chi connectivity index (χ3n) is 6.12. The molecule has 0 atom stereocenters. The molecule has 0 aliphatic rings. The Morgan fingerprint density at radius 3 is 1.34 bits per heavy atom. The van der Waals surface area contributed by atoms with E-state index in [-0.39, 0.29) is 29.9 Å². The van der Waals surface area contributed by atoms with E-state index in [0.717, 1.165) is 10.3 Å². The van der Waals surface area contributed by atoms with Crippen LogP contribution in [-0.2, 0) is 0 Å². The normalized spacial score (nSPS) is 11.3. The summed E-state index contributed by atoms with van der Waals surface area (Å²) in [5, 5.41) is 9.07. The lowest BCUT2D eigenvalue weighted by molar-refractivity contribution is -0.0000153. The maximum absolute atomic E-state index is 13.7. The molecule has 0 bridgehead atoms. The second kappa shape index (κ2) is 13.6. The molecule has 1 N–H and O–H groups in total. The number of benzene rings is 5. The fraction of sp³-hybridized carbons (Fsp3) is 0. The van der Waals surface area contributed by atoms with Gasteiger partial charge in [-0.25, -0.2) is 0 Å². The highest BCUT2D eigenvalue weighted by atomic mass is 127. The van der Waals surface area contributed by atoms with Crippen LogP contribution in [0.4, 0.5) is 0 Å². The van der Waals surface area contributed by atoms with Gasteiger partial charge >= 0.3 is 0 Å². The second-order valence-electron chi connectivity index (χ2n) is 8.43. The van der Waals surface area contributed by atoms with Gasteiger partial charge in [-0.15, -0.1) is 0 Å². The van der Waals surface area contributed by atoms with Gasteiger partial charge in [0.25, 0.3) is 5.91 Å². The Morgan fingerprint density at radius 2 is 0.921 bits per heavy atom. The summed E-state index contributed by atoms with van der Waals surface area (Å²) in [6.45, 7) is 0. The Labute approximate surface area is 246 Å². The fourth-order valence-electron chi connectivity index (χ4n) is 4.41. The maximum atomic E-state index is 13.7. The third-order valence-corrected chi connectivity index (χ3v) is 11.4. The number of nitrogens with one attached hydrogen (secondary N) is 1. The van der Waals surface area contributed by atoms with Crippen molar-refractivity contribution in [3.8, 4) is 0 Å². The van der Waals surface area contributed by atoms with E-state index in [0.29, 0.717) is 5.56 Å². The summed E-state index contributed by atoms with van der Waals surface area (Å²) < 4.78 is 0. The van der Waals surface area contributed by atoms with E-state index >= 15 is 0 Å². The van der Waals surface area contributed by atoms with Gasteiger partial charge in [0.1, 0.15) is 15.9 Å². The van der Waals surface area contributed by atoms with Crippen molar-refractivity contribution < 1.29 is 28.8 Å². The summed E-state index contributed by atoms with van der Waals surface area (Å²) in [4.78, 5) is 14.8. The number of hydrogen-bond acceptors (Lipinski definition) is 2. The molecule has 0 aliphatic heterocycles. The predicted molar refractivity (Wildman–Crippen MR) is 159 cm³/mol. The minimum Gasteiger partial charge on any atom is -1.00 e. The smallest absolute Gasteiger partial charge is 0.258 e. The van der Waals surface area contributed by atoms with Crippen molar-refractivity contribution in [2.24, 2.45) is 0 Å². The highest BCUT2D eigenvalue weighted by Gasteiger charge is 2.50. The van der Waals surface area contributed by atoms with Crippen LogP contribution in [0.2, 0.25) is 0 Å². The molecular weight excluding hydrogens is 616 g/mol. The van der Waals surface area contributed by atoms with Gasteiger partial charge in [0.05, 0.1) is 0 Å². The highest BCUT2D eigenvalue weighted by Crippen LogP contribution is 2.62. The molecule has 0 aromatic heterocycles. The zero-order chi connectivity index (χ0) is 25.3. The van der Waals surface area contributed by atoms with Crippen molar-refractivity contribution in [3.05, 3.63) is 168 Å². The number of rotatable bonds is 8.